The molecule has 0 aromatic heterocycles. The molecule has 0 unspecified atom stereocenters. The van der Waals surface area contributed by atoms with Crippen molar-refractivity contribution in [2.24, 2.45) is 5.73 Å². The lowest BCUT2D eigenvalue weighted by Crippen LogP contribution is -2.34. The highest BCUT2D eigenvalue weighted by molar-refractivity contribution is 5.96. The van der Waals surface area contributed by atoms with Crippen molar-refractivity contribution in [3.05, 3.63) is 29.8 Å². The summed E-state index contributed by atoms with van der Waals surface area (Å²) >= 11 is 0. The highest BCUT2D eigenvalue weighted by Gasteiger charge is 2.06. The molecule has 1 aromatic carbocycles. The molecular formula is C15H26Cl2N4O2. The molecular weight excluding hydrogens is 339 g/mol. The van der Waals surface area contributed by atoms with Crippen molar-refractivity contribution in [1.82, 2.24) is 10.2 Å². The number of rotatable bonds is 8. The summed E-state index contributed by atoms with van der Waals surface area (Å²) in [5.74, 6) is -0.370. The molecule has 0 spiro atoms. The minimum atomic E-state index is -0.258. The number of likely N-dealkylation sites (N-methyl/N-ethyl adjacent to an activating group) is 1. The van der Waals surface area contributed by atoms with Gasteiger partial charge >= 0.3 is 0 Å². The molecule has 6 nitrogen and oxygen atoms in total. The quantitative estimate of drug-likeness (QED) is 0.652. The Morgan fingerprint density at radius 2 is 1.65 bits per heavy atom. The van der Waals surface area contributed by atoms with Gasteiger partial charge in [0.1, 0.15) is 0 Å². The Hall–Kier alpha value is -1.34. The van der Waals surface area contributed by atoms with Crippen LogP contribution in [0.3, 0.4) is 0 Å². The van der Waals surface area contributed by atoms with E-state index in [1.54, 1.807) is 24.3 Å². The van der Waals surface area contributed by atoms with Crippen molar-refractivity contribution in [2.75, 3.05) is 38.0 Å². The van der Waals surface area contributed by atoms with E-state index in [1.165, 1.54) is 0 Å². The molecule has 0 bridgehead atoms. The van der Waals surface area contributed by atoms with Crippen molar-refractivity contribution < 1.29 is 9.59 Å². The summed E-state index contributed by atoms with van der Waals surface area (Å²) in [6.45, 7) is 7.53. The summed E-state index contributed by atoms with van der Waals surface area (Å²) in [5.41, 5.74) is 6.42. The average Bonchev–Trinajstić information content (AvgIpc) is 2.52. The van der Waals surface area contributed by atoms with Gasteiger partial charge < -0.3 is 21.3 Å². The second-order valence-corrected chi connectivity index (χ2v) is 4.61. The third kappa shape index (κ3) is 8.76. The molecule has 2 amide bonds. The lowest BCUT2D eigenvalue weighted by atomic mass is 10.2. The van der Waals surface area contributed by atoms with E-state index in [9.17, 15) is 9.59 Å². The molecule has 0 radical (unpaired) electrons. The molecule has 0 heterocycles. The second-order valence-electron chi connectivity index (χ2n) is 4.61. The van der Waals surface area contributed by atoms with Crippen molar-refractivity contribution in [2.45, 2.75) is 13.8 Å². The topological polar surface area (TPSA) is 87.5 Å². The Labute approximate surface area is 150 Å². The Kier molecular flexibility index (Phi) is 13.7. The van der Waals surface area contributed by atoms with Gasteiger partial charge in [-0.25, -0.2) is 0 Å². The van der Waals surface area contributed by atoms with Crippen molar-refractivity contribution in [3.63, 3.8) is 0 Å². The number of nitrogens with zero attached hydrogens (tertiary/aromatic N) is 1. The maximum absolute atomic E-state index is 12.0. The molecule has 8 heteroatoms. The molecule has 1 rings (SSSR count). The summed E-state index contributed by atoms with van der Waals surface area (Å²) < 4.78 is 0. The SMILES string of the molecule is CCN(CC)CCNC(=O)c1ccc(NC(=O)CN)cc1.Cl.Cl. The van der Waals surface area contributed by atoms with Crippen LogP contribution in [0.4, 0.5) is 5.69 Å². The Morgan fingerprint density at radius 1 is 1.09 bits per heavy atom. The molecule has 0 saturated heterocycles. The summed E-state index contributed by atoms with van der Waals surface area (Å²) in [7, 11) is 0. The lowest BCUT2D eigenvalue weighted by Gasteiger charge is -2.17. The highest BCUT2D eigenvalue weighted by Crippen LogP contribution is 2.09. The number of carbonyl (C=O) groups is 2. The number of halogens is 2. The molecule has 23 heavy (non-hydrogen) atoms. The molecule has 0 fully saturated rings. The van der Waals surface area contributed by atoms with Gasteiger partial charge in [-0.3, -0.25) is 9.59 Å². The predicted molar refractivity (Wildman–Crippen MR) is 98.7 cm³/mol. The summed E-state index contributed by atoms with van der Waals surface area (Å²) in [6, 6.07) is 6.73. The summed E-state index contributed by atoms with van der Waals surface area (Å²) in [5, 5.41) is 5.51. The van der Waals surface area contributed by atoms with Crippen LogP contribution in [0.5, 0.6) is 0 Å². The third-order valence-electron chi connectivity index (χ3n) is 3.22. The summed E-state index contributed by atoms with van der Waals surface area (Å²) in [6.07, 6.45) is 0. The van der Waals surface area contributed by atoms with E-state index in [2.05, 4.69) is 29.4 Å². The normalized spacial score (nSPS) is 9.57. The van der Waals surface area contributed by atoms with Gasteiger partial charge in [0, 0.05) is 24.3 Å². The molecule has 1 aromatic rings. The van der Waals surface area contributed by atoms with Gasteiger partial charge in [0.2, 0.25) is 5.91 Å². The second kappa shape index (κ2) is 13.1. The fourth-order valence-corrected chi connectivity index (χ4v) is 1.89. The number of benzene rings is 1. The lowest BCUT2D eigenvalue weighted by molar-refractivity contribution is -0.114. The molecule has 0 aliphatic rings. The minimum Gasteiger partial charge on any atom is -0.351 e. The number of anilines is 1. The van der Waals surface area contributed by atoms with Gasteiger partial charge in [-0.15, -0.1) is 24.8 Å². The van der Waals surface area contributed by atoms with Crippen molar-refractivity contribution >= 4 is 42.3 Å². The fraction of sp³-hybridized carbons (Fsp3) is 0.467. The van der Waals surface area contributed by atoms with E-state index >= 15 is 0 Å². The number of nitrogens with one attached hydrogen (secondary N) is 2. The fourth-order valence-electron chi connectivity index (χ4n) is 1.89. The first-order valence-corrected chi connectivity index (χ1v) is 7.21. The van der Waals surface area contributed by atoms with E-state index in [4.69, 9.17) is 5.73 Å². The number of hydrogen-bond donors (Lipinski definition) is 3. The van der Waals surface area contributed by atoms with Gasteiger partial charge in [0.05, 0.1) is 6.54 Å². The van der Waals surface area contributed by atoms with E-state index in [0.29, 0.717) is 17.8 Å². The van der Waals surface area contributed by atoms with E-state index in [-0.39, 0.29) is 43.2 Å². The Morgan fingerprint density at radius 3 is 2.13 bits per heavy atom. The van der Waals surface area contributed by atoms with Crippen LogP contribution in [0.2, 0.25) is 0 Å². The molecule has 0 atom stereocenters. The van der Waals surface area contributed by atoms with Crippen LogP contribution in [0.25, 0.3) is 0 Å². The zero-order chi connectivity index (χ0) is 15.7. The minimum absolute atomic E-state index is 0. The van der Waals surface area contributed by atoms with Crippen LogP contribution in [0, 0.1) is 0 Å². The first-order chi connectivity index (χ1) is 10.1. The van der Waals surface area contributed by atoms with Gasteiger partial charge in [-0.2, -0.15) is 0 Å². The zero-order valence-corrected chi connectivity index (χ0v) is 15.1. The van der Waals surface area contributed by atoms with Crippen LogP contribution < -0.4 is 16.4 Å². The van der Waals surface area contributed by atoms with E-state index in [1.807, 2.05) is 0 Å². The maximum Gasteiger partial charge on any atom is 0.251 e. The standard InChI is InChI=1S/C15H24N4O2.2ClH/c1-3-19(4-2)10-9-17-15(21)12-5-7-13(8-6-12)18-14(20)11-16;;/h5-8H,3-4,9-11,16H2,1-2H3,(H,17,21)(H,18,20);2*1H. The first kappa shape index (κ1) is 23.9. The zero-order valence-electron chi connectivity index (χ0n) is 13.5. The third-order valence-corrected chi connectivity index (χ3v) is 3.22. The van der Waals surface area contributed by atoms with Crippen molar-refractivity contribution in [3.8, 4) is 0 Å². The number of nitrogens with two attached hydrogens (primary N) is 1. The van der Waals surface area contributed by atoms with Crippen LogP contribution in [-0.2, 0) is 4.79 Å². The monoisotopic (exact) mass is 364 g/mol. The number of carbonyl (C=O) groups excluding carboxylic acids is 2. The smallest absolute Gasteiger partial charge is 0.251 e. The van der Waals surface area contributed by atoms with Gasteiger partial charge in [-0.1, -0.05) is 13.8 Å². The Balaban J connectivity index is 0. The first-order valence-electron chi connectivity index (χ1n) is 7.21. The highest BCUT2D eigenvalue weighted by atomic mass is 35.5. The van der Waals surface area contributed by atoms with Crippen LogP contribution in [0.15, 0.2) is 24.3 Å². The average molecular weight is 365 g/mol. The van der Waals surface area contributed by atoms with Gasteiger partial charge in [-0.05, 0) is 37.4 Å². The van der Waals surface area contributed by atoms with Crippen LogP contribution in [-0.4, -0.2) is 49.4 Å². The predicted octanol–water partition coefficient (Wildman–Crippen LogP) is 1.50. The number of hydrogen-bond acceptors (Lipinski definition) is 4. The van der Waals surface area contributed by atoms with E-state index in [0.717, 1.165) is 19.6 Å². The van der Waals surface area contributed by atoms with Crippen LogP contribution in [0.1, 0.15) is 24.2 Å². The summed E-state index contributed by atoms with van der Waals surface area (Å²) in [4.78, 5) is 25.3. The molecule has 0 aliphatic carbocycles. The molecule has 4 N–H and O–H groups in total. The van der Waals surface area contributed by atoms with Gasteiger partial charge in [0.25, 0.3) is 5.91 Å². The molecule has 132 valence electrons. The molecule has 0 saturated carbocycles. The van der Waals surface area contributed by atoms with E-state index < -0.39 is 0 Å². The van der Waals surface area contributed by atoms with Gasteiger partial charge in [0.15, 0.2) is 0 Å². The number of amides is 2. The van der Waals surface area contributed by atoms with Crippen LogP contribution >= 0.6 is 24.8 Å². The Bertz CT molecular complexity index is 465. The maximum atomic E-state index is 12.0. The van der Waals surface area contributed by atoms with Crippen molar-refractivity contribution in [1.29, 1.82) is 0 Å². The molecule has 0 aliphatic heterocycles. The largest absolute Gasteiger partial charge is 0.351 e.